The number of halogens is 2. The number of benzene rings is 2. The molecule has 0 radical (unpaired) electrons. The third-order valence-electron chi connectivity index (χ3n) is 4.19. The van der Waals surface area contributed by atoms with Crippen molar-refractivity contribution >= 4 is 39.0 Å². The lowest BCUT2D eigenvalue weighted by Crippen LogP contribution is -1.96. The average Bonchev–Trinajstić information content (AvgIpc) is 3.07. The minimum atomic E-state index is -3.32. The van der Waals surface area contributed by atoms with Gasteiger partial charge in [0.15, 0.2) is 21.5 Å². The molecule has 1 aromatic heterocycles. The minimum absolute atomic E-state index is 0.00285. The lowest BCUT2D eigenvalue weighted by Gasteiger charge is -2.04. The van der Waals surface area contributed by atoms with Gasteiger partial charge in [0.05, 0.1) is 14.9 Å². The van der Waals surface area contributed by atoms with Gasteiger partial charge in [0.1, 0.15) is 5.69 Å². The highest BCUT2D eigenvalue weighted by Gasteiger charge is 2.19. The van der Waals surface area contributed by atoms with Crippen molar-refractivity contribution in [2.24, 2.45) is 0 Å². The Bertz CT molecular complexity index is 1150. The molecule has 0 fully saturated rings. The van der Waals surface area contributed by atoms with Crippen molar-refractivity contribution in [2.75, 3.05) is 6.26 Å². The van der Waals surface area contributed by atoms with Crippen LogP contribution in [0.2, 0.25) is 10.0 Å². The summed E-state index contributed by atoms with van der Waals surface area (Å²) in [4.78, 5) is 15.5. The van der Waals surface area contributed by atoms with Crippen molar-refractivity contribution in [2.45, 2.75) is 24.2 Å². The SMILES string of the molecule is CS(=O)(=O)c1ccc(-c2nc(CCCC(=O)O)oc2-c2ccc(Cl)c(Cl)c2)cc1. The predicted molar refractivity (Wildman–Crippen MR) is 111 cm³/mol. The third kappa shape index (κ3) is 5.18. The van der Waals surface area contributed by atoms with E-state index < -0.39 is 15.8 Å². The highest BCUT2D eigenvalue weighted by atomic mass is 35.5. The normalized spacial score (nSPS) is 11.6. The van der Waals surface area contributed by atoms with E-state index in [0.29, 0.717) is 51.4 Å². The average molecular weight is 454 g/mol. The number of oxazole rings is 1. The Hall–Kier alpha value is -2.35. The van der Waals surface area contributed by atoms with Gasteiger partial charge in [-0.3, -0.25) is 4.79 Å². The smallest absolute Gasteiger partial charge is 0.303 e. The van der Waals surface area contributed by atoms with Gasteiger partial charge in [-0.1, -0.05) is 35.3 Å². The van der Waals surface area contributed by atoms with Crippen molar-refractivity contribution in [1.29, 1.82) is 0 Å². The molecular weight excluding hydrogens is 437 g/mol. The molecule has 2 aromatic carbocycles. The van der Waals surface area contributed by atoms with Crippen LogP contribution in [0.1, 0.15) is 18.7 Å². The Morgan fingerprint density at radius 3 is 2.31 bits per heavy atom. The van der Waals surface area contributed by atoms with Crippen LogP contribution in [-0.2, 0) is 21.1 Å². The fourth-order valence-electron chi connectivity index (χ4n) is 2.75. The summed E-state index contributed by atoms with van der Waals surface area (Å²) in [6, 6.07) is 11.3. The summed E-state index contributed by atoms with van der Waals surface area (Å²) in [5.74, 6) is -0.0617. The molecule has 0 saturated heterocycles. The number of carbonyl (C=O) groups is 1. The van der Waals surface area contributed by atoms with Gasteiger partial charge in [-0.2, -0.15) is 0 Å². The number of hydrogen-bond acceptors (Lipinski definition) is 5. The minimum Gasteiger partial charge on any atom is -0.481 e. The Labute approximate surface area is 178 Å². The van der Waals surface area contributed by atoms with E-state index in [1.54, 1.807) is 30.3 Å². The van der Waals surface area contributed by atoms with Crippen LogP contribution in [-0.4, -0.2) is 30.7 Å². The summed E-state index contributed by atoms with van der Waals surface area (Å²) in [6.45, 7) is 0. The first-order valence-corrected chi connectivity index (χ1v) is 11.3. The van der Waals surface area contributed by atoms with E-state index in [4.69, 9.17) is 32.7 Å². The van der Waals surface area contributed by atoms with Crippen LogP contribution in [0.15, 0.2) is 51.8 Å². The Morgan fingerprint density at radius 1 is 1.07 bits per heavy atom. The first kappa shape index (κ1) is 21.4. The molecule has 9 heteroatoms. The second-order valence-electron chi connectivity index (χ2n) is 6.46. The highest BCUT2D eigenvalue weighted by molar-refractivity contribution is 7.90. The number of aromatic nitrogens is 1. The van der Waals surface area contributed by atoms with Gasteiger partial charge >= 0.3 is 5.97 Å². The molecule has 6 nitrogen and oxygen atoms in total. The molecular formula is C20H17Cl2NO5S. The van der Waals surface area contributed by atoms with Crippen molar-refractivity contribution in [3.05, 3.63) is 58.4 Å². The van der Waals surface area contributed by atoms with Gasteiger partial charge < -0.3 is 9.52 Å². The molecule has 0 aliphatic carbocycles. The zero-order chi connectivity index (χ0) is 21.2. The number of carboxylic acids is 1. The number of nitrogens with zero attached hydrogens (tertiary/aromatic N) is 1. The zero-order valence-electron chi connectivity index (χ0n) is 15.4. The van der Waals surface area contributed by atoms with Crippen LogP contribution < -0.4 is 0 Å². The largest absolute Gasteiger partial charge is 0.481 e. The molecule has 1 N–H and O–H groups in total. The van der Waals surface area contributed by atoms with Crippen LogP contribution in [0.4, 0.5) is 0 Å². The summed E-state index contributed by atoms with van der Waals surface area (Å²) < 4.78 is 29.3. The molecule has 0 unspecified atom stereocenters. The Kier molecular flexibility index (Phi) is 6.31. The van der Waals surface area contributed by atoms with Gasteiger partial charge in [-0.25, -0.2) is 13.4 Å². The van der Waals surface area contributed by atoms with Crippen molar-refractivity contribution in [3.8, 4) is 22.6 Å². The maximum absolute atomic E-state index is 11.7. The maximum atomic E-state index is 11.7. The van der Waals surface area contributed by atoms with Crippen molar-refractivity contribution < 1.29 is 22.7 Å². The monoisotopic (exact) mass is 453 g/mol. The lowest BCUT2D eigenvalue weighted by molar-refractivity contribution is -0.137. The summed E-state index contributed by atoms with van der Waals surface area (Å²) in [5.41, 5.74) is 1.82. The molecule has 3 rings (SSSR count). The van der Waals surface area contributed by atoms with E-state index in [1.807, 2.05) is 0 Å². The van der Waals surface area contributed by atoms with Crippen molar-refractivity contribution in [3.63, 3.8) is 0 Å². The molecule has 0 aliphatic rings. The molecule has 152 valence electrons. The topological polar surface area (TPSA) is 97.5 Å². The molecule has 29 heavy (non-hydrogen) atoms. The van der Waals surface area contributed by atoms with Gasteiger partial charge in [0.2, 0.25) is 0 Å². The standard InChI is InChI=1S/C20H17Cl2NO5S/c1-29(26,27)14-8-5-12(6-9-14)19-20(13-7-10-15(21)16(22)11-13)28-17(23-19)3-2-4-18(24)25/h5-11H,2-4H2,1H3,(H,24,25). The van der Waals surface area contributed by atoms with Gasteiger partial charge in [-0.15, -0.1) is 0 Å². The molecule has 1 heterocycles. The van der Waals surface area contributed by atoms with Crippen LogP contribution in [0.5, 0.6) is 0 Å². The predicted octanol–water partition coefficient (Wildman–Crippen LogP) is 5.13. The fraction of sp³-hybridized carbons (Fsp3) is 0.200. The highest BCUT2D eigenvalue weighted by Crippen LogP contribution is 2.36. The number of sulfone groups is 1. The Morgan fingerprint density at radius 2 is 1.72 bits per heavy atom. The van der Waals surface area contributed by atoms with E-state index in [-0.39, 0.29) is 11.3 Å². The number of carboxylic acid groups (broad SMARTS) is 1. The van der Waals surface area contributed by atoms with Crippen molar-refractivity contribution in [1.82, 2.24) is 4.98 Å². The fourth-order valence-corrected chi connectivity index (χ4v) is 3.68. The molecule has 0 atom stereocenters. The quantitative estimate of drug-likeness (QED) is 0.532. The second-order valence-corrected chi connectivity index (χ2v) is 9.29. The molecule has 0 amide bonds. The Balaban J connectivity index is 2.04. The first-order chi connectivity index (χ1) is 13.6. The van der Waals surface area contributed by atoms with E-state index in [1.165, 1.54) is 12.1 Å². The van der Waals surface area contributed by atoms with Crippen LogP contribution in [0.25, 0.3) is 22.6 Å². The number of aliphatic carboxylic acids is 1. The lowest BCUT2D eigenvalue weighted by atomic mass is 10.1. The molecule has 0 spiro atoms. The van der Waals surface area contributed by atoms with E-state index in [9.17, 15) is 13.2 Å². The van der Waals surface area contributed by atoms with Crippen LogP contribution >= 0.6 is 23.2 Å². The van der Waals surface area contributed by atoms with E-state index in [0.717, 1.165) is 6.26 Å². The summed E-state index contributed by atoms with van der Waals surface area (Å²) in [7, 11) is -3.32. The summed E-state index contributed by atoms with van der Waals surface area (Å²) >= 11 is 12.1. The summed E-state index contributed by atoms with van der Waals surface area (Å²) in [5, 5.41) is 9.58. The molecule has 0 bridgehead atoms. The van der Waals surface area contributed by atoms with Crippen LogP contribution in [0, 0.1) is 0 Å². The number of hydrogen-bond donors (Lipinski definition) is 1. The molecule has 0 saturated carbocycles. The summed E-state index contributed by atoms with van der Waals surface area (Å²) in [6.07, 6.45) is 1.87. The van der Waals surface area contributed by atoms with E-state index >= 15 is 0 Å². The number of rotatable bonds is 7. The first-order valence-electron chi connectivity index (χ1n) is 8.62. The second kappa shape index (κ2) is 8.57. The van der Waals surface area contributed by atoms with Gasteiger partial charge in [-0.05, 0) is 36.8 Å². The molecule has 0 aliphatic heterocycles. The van der Waals surface area contributed by atoms with Gasteiger partial charge in [0, 0.05) is 30.2 Å². The van der Waals surface area contributed by atoms with Gasteiger partial charge in [0.25, 0.3) is 0 Å². The third-order valence-corrected chi connectivity index (χ3v) is 6.06. The molecule has 3 aromatic rings. The number of aryl methyl sites for hydroxylation is 1. The zero-order valence-corrected chi connectivity index (χ0v) is 17.7. The van der Waals surface area contributed by atoms with Crippen LogP contribution in [0.3, 0.4) is 0 Å². The maximum Gasteiger partial charge on any atom is 0.303 e. The van der Waals surface area contributed by atoms with E-state index in [2.05, 4.69) is 4.98 Å².